The number of nitrogens with one attached hydrogen (secondary N) is 1. The maximum absolute atomic E-state index is 11.6. The highest BCUT2D eigenvalue weighted by atomic mass is 16.6. The number of likely N-dealkylation sites (tertiary alicyclic amines) is 1. The van der Waals surface area contributed by atoms with Gasteiger partial charge in [0.1, 0.15) is 11.6 Å². The van der Waals surface area contributed by atoms with Gasteiger partial charge in [0.05, 0.1) is 0 Å². The van der Waals surface area contributed by atoms with Gasteiger partial charge in [-0.25, -0.2) is 9.59 Å². The van der Waals surface area contributed by atoms with E-state index in [-0.39, 0.29) is 0 Å². The summed E-state index contributed by atoms with van der Waals surface area (Å²) in [6.07, 6.45) is 2.67. The molecule has 1 unspecified atom stereocenters. The quantitative estimate of drug-likeness (QED) is 0.810. The van der Waals surface area contributed by atoms with Gasteiger partial charge in [0.15, 0.2) is 0 Å². The molecule has 6 nitrogen and oxygen atoms in total. The highest BCUT2D eigenvalue weighted by molar-refractivity contribution is 5.80. The van der Waals surface area contributed by atoms with Gasteiger partial charge in [-0.05, 0) is 46.7 Å². The summed E-state index contributed by atoms with van der Waals surface area (Å²) >= 11 is 0. The van der Waals surface area contributed by atoms with Crippen LogP contribution in [0.15, 0.2) is 0 Å². The van der Waals surface area contributed by atoms with Gasteiger partial charge in [-0.1, -0.05) is 6.42 Å². The Morgan fingerprint density at radius 2 is 1.84 bits per heavy atom. The second-order valence-electron chi connectivity index (χ2n) is 5.90. The molecule has 0 bridgehead atoms. The maximum atomic E-state index is 11.6. The summed E-state index contributed by atoms with van der Waals surface area (Å²) < 4.78 is 5.08. The van der Waals surface area contributed by atoms with Crippen LogP contribution in [-0.2, 0) is 9.53 Å². The average Bonchev–Trinajstić information content (AvgIpc) is 2.26. The van der Waals surface area contributed by atoms with Crippen LogP contribution in [0.5, 0.6) is 0 Å². The van der Waals surface area contributed by atoms with Crippen LogP contribution in [0.1, 0.15) is 40.0 Å². The fraction of sp³-hybridized carbons (Fsp3) is 0.846. The van der Waals surface area contributed by atoms with Crippen LogP contribution in [0, 0.1) is 0 Å². The average molecular weight is 272 g/mol. The molecule has 0 saturated carbocycles. The molecule has 1 atom stereocenters. The van der Waals surface area contributed by atoms with Crippen molar-refractivity contribution in [2.75, 3.05) is 19.6 Å². The molecule has 1 heterocycles. The van der Waals surface area contributed by atoms with Crippen molar-refractivity contribution in [2.24, 2.45) is 0 Å². The van der Waals surface area contributed by atoms with Crippen molar-refractivity contribution in [2.45, 2.75) is 51.7 Å². The van der Waals surface area contributed by atoms with Gasteiger partial charge >= 0.3 is 12.1 Å². The lowest BCUT2D eigenvalue weighted by atomic mass is 10.1. The minimum absolute atomic E-state index is 0.328. The number of aliphatic carboxylic acids is 1. The van der Waals surface area contributed by atoms with E-state index >= 15 is 0 Å². The van der Waals surface area contributed by atoms with Crippen LogP contribution >= 0.6 is 0 Å². The fourth-order valence-corrected chi connectivity index (χ4v) is 2.04. The number of alkyl carbamates (subject to hydrolysis) is 1. The monoisotopic (exact) mass is 272 g/mol. The minimum atomic E-state index is -1.03. The molecule has 19 heavy (non-hydrogen) atoms. The largest absolute Gasteiger partial charge is 0.480 e. The molecule has 0 spiro atoms. The number of ether oxygens (including phenoxy) is 1. The summed E-state index contributed by atoms with van der Waals surface area (Å²) in [4.78, 5) is 24.8. The Hall–Kier alpha value is -1.30. The Morgan fingerprint density at radius 3 is 2.32 bits per heavy atom. The number of nitrogens with zero attached hydrogens (tertiary/aromatic N) is 1. The van der Waals surface area contributed by atoms with Crippen LogP contribution in [0.4, 0.5) is 4.79 Å². The molecular formula is C13H24N2O4. The Kier molecular flexibility index (Phi) is 5.60. The summed E-state index contributed by atoms with van der Waals surface area (Å²) in [5.74, 6) is -1.03. The SMILES string of the molecule is CC(C)(C)OC(=O)NC(CN1CCCCC1)C(=O)O. The number of piperidine rings is 1. The molecule has 1 aliphatic rings. The zero-order chi connectivity index (χ0) is 14.5. The molecular weight excluding hydrogens is 248 g/mol. The summed E-state index contributed by atoms with van der Waals surface area (Å²) in [5.41, 5.74) is -0.627. The lowest BCUT2D eigenvalue weighted by molar-refractivity contribution is -0.140. The van der Waals surface area contributed by atoms with Gasteiger partial charge < -0.3 is 20.1 Å². The summed E-state index contributed by atoms with van der Waals surface area (Å²) in [5, 5.41) is 11.6. The molecule has 1 aliphatic heterocycles. The van der Waals surface area contributed by atoms with Gasteiger partial charge in [0.2, 0.25) is 0 Å². The van der Waals surface area contributed by atoms with E-state index in [2.05, 4.69) is 10.2 Å². The minimum Gasteiger partial charge on any atom is -0.480 e. The fourth-order valence-electron chi connectivity index (χ4n) is 2.04. The molecule has 1 rings (SSSR count). The first-order valence-corrected chi connectivity index (χ1v) is 6.72. The van der Waals surface area contributed by atoms with Crippen LogP contribution in [0.2, 0.25) is 0 Å². The first-order chi connectivity index (χ1) is 8.78. The van der Waals surface area contributed by atoms with Crippen molar-refractivity contribution in [1.82, 2.24) is 10.2 Å². The molecule has 1 fully saturated rings. The molecule has 110 valence electrons. The molecule has 0 aromatic carbocycles. The molecule has 2 N–H and O–H groups in total. The predicted molar refractivity (Wildman–Crippen MR) is 71.1 cm³/mol. The summed E-state index contributed by atoms with van der Waals surface area (Å²) in [7, 11) is 0. The Balaban J connectivity index is 2.48. The zero-order valence-corrected chi connectivity index (χ0v) is 11.9. The number of carbonyl (C=O) groups is 2. The summed E-state index contributed by atoms with van der Waals surface area (Å²) in [6, 6.07) is -0.923. The molecule has 0 aromatic rings. The lowest BCUT2D eigenvalue weighted by Gasteiger charge is -2.29. The number of amides is 1. The van der Waals surface area contributed by atoms with Crippen LogP contribution in [-0.4, -0.2) is 53.3 Å². The van der Waals surface area contributed by atoms with E-state index < -0.39 is 23.7 Å². The number of carbonyl (C=O) groups excluding carboxylic acids is 1. The van der Waals surface area contributed by atoms with Gasteiger partial charge in [0, 0.05) is 6.54 Å². The van der Waals surface area contributed by atoms with E-state index in [0.717, 1.165) is 25.9 Å². The molecule has 1 amide bonds. The number of carboxylic acid groups (broad SMARTS) is 1. The molecule has 1 saturated heterocycles. The van der Waals surface area contributed by atoms with Gasteiger partial charge in [-0.2, -0.15) is 0 Å². The standard InChI is InChI=1S/C13H24N2O4/c1-13(2,3)19-12(18)14-10(11(16)17)9-15-7-5-4-6-8-15/h10H,4-9H2,1-3H3,(H,14,18)(H,16,17). The molecule has 0 aliphatic carbocycles. The third-order valence-corrected chi connectivity index (χ3v) is 2.88. The Labute approximate surface area is 114 Å². The third kappa shape index (κ3) is 6.42. The van der Waals surface area contributed by atoms with E-state index in [1.54, 1.807) is 20.8 Å². The second kappa shape index (κ2) is 6.75. The maximum Gasteiger partial charge on any atom is 0.408 e. The van der Waals surface area contributed by atoms with Crippen LogP contribution in [0.25, 0.3) is 0 Å². The van der Waals surface area contributed by atoms with Crippen molar-refractivity contribution < 1.29 is 19.4 Å². The lowest BCUT2D eigenvalue weighted by Crippen LogP contribution is -2.50. The van der Waals surface area contributed by atoms with Crippen molar-refractivity contribution in [3.63, 3.8) is 0 Å². The van der Waals surface area contributed by atoms with Crippen LogP contribution < -0.4 is 5.32 Å². The van der Waals surface area contributed by atoms with E-state index in [1.807, 2.05) is 0 Å². The second-order valence-corrected chi connectivity index (χ2v) is 5.90. The number of carboxylic acids is 1. The highest BCUT2D eigenvalue weighted by Crippen LogP contribution is 2.10. The highest BCUT2D eigenvalue weighted by Gasteiger charge is 2.26. The Morgan fingerprint density at radius 1 is 1.26 bits per heavy atom. The number of rotatable bonds is 4. The summed E-state index contributed by atoms with van der Waals surface area (Å²) in [6.45, 7) is 7.33. The van der Waals surface area contributed by atoms with Crippen molar-refractivity contribution in [1.29, 1.82) is 0 Å². The first-order valence-electron chi connectivity index (χ1n) is 6.72. The predicted octanol–water partition coefficient (Wildman–Crippen LogP) is 1.45. The zero-order valence-electron chi connectivity index (χ0n) is 11.9. The molecule has 0 radical (unpaired) electrons. The van der Waals surface area contributed by atoms with E-state index in [4.69, 9.17) is 9.84 Å². The topological polar surface area (TPSA) is 78.9 Å². The van der Waals surface area contributed by atoms with Crippen molar-refractivity contribution >= 4 is 12.1 Å². The normalized spacial score (nSPS) is 18.7. The van der Waals surface area contributed by atoms with Gasteiger partial charge in [0.25, 0.3) is 0 Å². The molecule has 0 aromatic heterocycles. The van der Waals surface area contributed by atoms with E-state index in [1.165, 1.54) is 6.42 Å². The van der Waals surface area contributed by atoms with Crippen molar-refractivity contribution in [3.05, 3.63) is 0 Å². The molecule has 6 heteroatoms. The Bertz CT molecular complexity index is 319. The van der Waals surface area contributed by atoms with Gasteiger partial charge in [-0.3, -0.25) is 0 Å². The number of hydrogen-bond donors (Lipinski definition) is 2. The van der Waals surface area contributed by atoms with Crippen molar-refractivity contribution in [3.8, 4) is 0 Å². The van der Waals surface area contributed by atoms with Crippen LogP contribution in [0.3, 0.4) is 0 Å². The third-order valence-electron chi connectivity index (χ3n) is 2.88. The smallest absolute Gasteiger partial charge is 0.408 e. The first kappa shape index (κ1) is 15.8. The van der Waals surface area contributed by atoms with E-state index in [0.29, 0.717) is 6.54 Å². The van der Waals surface area contributed by atoms with Gasteiger partial charge in [-0.15, -0.1) is 0 Å². The number of hydrogen-bond acceptors (Lipinski definition) is 4. The van der Waals surface area contributed by atoms with E-state index in [9.17, 15) is 9.59 Å².